The number of nitrogens with one attached hydrogen (secondary N) is 2. The summed E-state index contributed by atoms with van der Waals surface area (Å²) in [7, 11) is -2.03. The van der Waals surface area contributed by atoms with E-state index in [2.05, 4.69) is 34.3 Å². The van der Waals surface area contributed by atoms with Gasteiger partial charge in [0, 0.05) is 11.6 Å². The van der Waals surface area contributed by atoms with E-state index >= 15 is 0 Å². The molecule has 0 aromatic heterocycles. The highest BCUT2D eigenvalue weighted by molar-refractivity contribution is 7.92. The van der Waals surface area contributed by atoms with E-state index in [1.54, 1.807) is 13.2 Å². The van der Waals surface area contributed by atoms with Crippen LogP contribution in [0.3, 0.4) is 0 Å². The Hall–Kier alpha value is -3.25. The second kappa shape index (κ2) is 8.27. The first-order chi connectivity index (χ1) is 15.9. The predicted molar refractivity (Wildman–Crippen MR) is 133 cm³/mol. The number of benzene rings is 3. The van der Waals surface area contributed by atoms with E-state index in [-0.39, 0.29) is 16.9 Å². The summed E-state index contributed by atoms with van der Waals surface area (Å²) < 4.78 is 34.6. The molecule has 3 atom stereocenters. The number of aryl methyl sites for hydroxylation is 2. The van der Waals surface area contributed by atoms with Crippen molar-refractivity contribution in [3.63, 3.8) is 0 Å². The zero-order valence-electron chi connectivity index (χ0n) is 19.0. The predicted octanol–water partition coefficient (Wildman–Crippen LogP) is 5.94. The van der Waals surface area contributed by atoms with Gasteiger partial charge in [0.1, 0.15) is 5.75 Å². The van der Waals surface area contributed by atoms with E-state index in [1.807, 2.05) is 56.3 Å². The summed E-state index contributed by atoms with van der Waals surface area (Å²) in [5.74, 6) is 1.31. The molecule has 0 spiro atoms. The molecule has 0 amide bonds. The average molecular weight is 461 g/mol. The van der Waals surface area contributed by atoms with Crippen LogP contribution in [0.25, 0.3) is 0 Å². The molecule has 0 saturated heterocycles. The highest BCUT2D eigenvalue weighted by Gasteiger charge is 2.38. The van der Waals surface area contributed by atoms with Crippen LogP contribution in [-0.2, 0) is 10.0 Å². The summed E-state index contributed by atoms with van der Waals surface area (Å²) in [4.78, 5) is 0.280. The van der Waals surface area contributed by atoms with Crippen LogP contribution in [0.2, 0.25) is 0 Å². The van der Waals surface area contributed by atoms with Crippen molar-refractivity contribution in [2.75, 3.05) is 17.1 Å². The molecule has 6 heteroatoms. The number of allylic oxidation sites excluding steroid dienone is 2. The first kappa shape index (κ1) is 21.6. The van der Waals surface area contributed by atoms with Crippen molar-refractivity contribution in [2.24, 2.45) is 5.92 Å². The molecule has 3 unspecified atom stereocenters. The molecule has 33 heavy (non-hydrogen) atoms. The normalized spacial score (nSPS) is 21.1. The number of ether oxygens (including phenoxy) is 1. The molecule has 1 aliphatic heterocycles. The number of methoxy groups -OCH3 is 1. The van der Waals surface area contributed by atoms with Crippen LogP contribution in [0, 0.1) is 19.8 Å². The lowest BCUT2D eigenvalue weighted by atomic mass is 9.77. The number of rotatable bonds is 5. The summed E-state index contributed by atoms with van der Waals surface area (Å²) in [5, 5.41) is 3.67. The largest absolute Gasteiger partial charge is 0.497 e. The fraction of sp³-hybridized carbons (Fsp3) is 0.259. The van der Waals surface area contributed by atoms with E-state index in [4.69, 9.17) is 4.74 Å². The Labute approximate surface area is 195 Å². The van der Waals surface area contributed by atoms with Crippen LogP contribution in [0.4, 0.5) is 11.4 Å². The molecular weight excluding hydrogens is 432 g/mol. The third kappa shape index (κ3) is 4.00. The molecule has 1 heterocycles. The van der Waals surface area contributed by atoms with Crippen LogP contribution in [-0.4, -0.2) is 15.5 Å². The summed E-state index contributed by atoms with van der Waals surface area (Å²) in [5.41, 5.74) is 5.77. The van der Waals surface area contributed by atoms with Crippen LogP contribution in [0.15, 0.2) is 77.7 Å². The van der Waals surface area contributed by atoms with E-state index < -0.39 is 10.0 Å². The minimum absolute atomic E-state index is 0.128. The van der Waals surface area contributed by atoms with Gasteiger partial charge >= 0.3 is 0 Å². The first-order valence-electron chi connectivity index (χ1n) is 11.2. The van der Waals surface area contributed by atoms with E-state index in [0.717, 1.165) is 34.5 Å². The lowest BCUT2D eigenvalue weighted by Gasteiger charge is -2.37. The summed E-state index contributed by atoms with van der Waals surface area (Å²) in [6, 6.07) is 19.4. The number of hydrogen-bond donors (Lipinski definition) is 2. The number of hydrogen-bond acceptors (Lipinski definition) is 4. The fourth-order valence-electron chi connectivity index (χ4n) is 5.04. The van der Waals surface area contributed by atoms with Gasteiger partial charge in [0.05, 0.1) is 23.7 Å². The van der Waals surface area contributed by atoms with Gasteiger partial charge in [-0.3, -0.25) is 4.72 Å². The molecule has 3 aromatic rings. The number of anilines is 2. The molecule has 0 fully saturated rings. The molecule has 0 bridgehead atoms. The monoisotopic (exact) mass is 460 g/mol. The lowest BCUT2D eigenvalue weighted by Crippen LogP contribution is -2.29. The average Bonchev–Trinajstić information content (AvgIpc) is 3.30. The molecule has 5 rings (SSSR count). The highest BCUT2D eigenvalue weighted by Crippen LogP contribution is 2.50. The molecule has 0 radical (unpaired) electrons. The van der Waals surface area contributed by atoms with Gasteiger partial charge in [-0.1, -0.05) is 42.0 Å². The quantitative estimate of drug-likeness (QED) is 0.463. The number of sulfonamides is 1. The maximum absolute atomic E-state index is 13.2. The zero-order chi connectivity index (χ0) is 23.2. The smallest absolute Gasteiger partial charge is 0.261 e. The summed E-state index contributed by atoms with van der Waals surface area (Å²) in [6.45, 7) is 3.90. The van der Waals surface area contributed by atoms with E-state index in [0.29, 0.717) is 11.6 Å². The van der Waals surface area contributed by atoms with Crippen molar-refractivity contribution < 1.29 is 13.2 Å². The standard InChI is InChI=1S/C27H28N2O3S/c1-17-10-12-25(18(2)14-17)29-33(30,31)21-11-13-26-24(16-21)22-8-5-9-23(22)27(28-26)19-6-4-7-20(15-19)32-3/h4-8,10-16,22-23,27-29H,9H2,1-3H3. The SMILES string of the molecule is COc1cccc(C2Nc3ccc(S(=O)(=O)Nc4ccc(C)cc4C)cc3C3C=CCC32)c1. The van der Waals surface area contributed by atoms with Gasteiger partial charge in [-0.25, -0.2) is 8.42 Å². The highest BCUT2D eigenvalue weighted by atomic mass is 32.2. The third-order valence-electron chi connectivity index (χ3n) is 6.72. The zero-order valence-corrected chi connectivity index (χ0v) is 19.8. The Kier molecular flexibility index (Phi) is 5.41. The van der Waals surface area contributed by atoms with Gasteiger partial charge in [-0.2, -0.15) is 0 Å². The third-order valence-corrected chi connectivity index (χ3v) is 8.09. The van der Waals surface area contributed by atoms with Crippen LogP contribution in [0.1, 0.15) is 40.6 Å². The Morgan fingerprint density at radius 3 is 2.67 bits per heavy atom. The summed E-state index contributed by atoms with van der Waals surface area (Å²) in [6.07, 6.45) is 5.36. The van der Waals surface area contributed by atoms with Gasteiger partial charge in [0.2, 0.25) is 0 Å². The van der Waals surface area contributed by atoms with Crippen molar-refractivity contribution >= 4 is 21.4 Å². The second-order valence-electron chi connectivity index (χ2n) is 8.93. The Bertz CT molecular complexity index is 1350. The second-order valence-corrected chi connectivity index (χ2v) is 10.6. The van der Waals surface area contributed by atoms with Crippen molar-refractivity contribution in [3.8, 4) is 5.75 Å². The minimum atomic E-state index is -3.70. The first-order valence-corrected chi connectivity index (χ1v) is 12.7. The number of fused-ring (bicyclic) bond motifs is 3. The van der Waals surface area contributed by atoms with E-state index in [1.165, 1.54) is 5.56 Å². The van der Waals surface area contributed by atoms with Gasteiger partial charge in [-0.05, 0) is 79.3 Å². The molecule has 170 valence electrons. The molecule has 5 nitrogen and oxygen atoms in total. The van der Waals surface area contributed by atoms with Gasteiger partial charge in [0.15, 0.2) is 0 Å². The van der Waals surface area contributed by atoms with Crippen LogP contribution >= 0.6 is 0 Å². The van der Waals surface area contributed by atoms with Crippen LogP contribution in [0.5, 0.6) is 5.75 Å². The maximum Gasteiger partial charge on any atom is 0.261 e. The lowest BCUT2D eigenvalue weighted by molar-refractivity contribution is 0.406. The van der Waals surface area contributed by atoms with Gasteiger partial charge < -0.3 is 10.1 Å². The Morgan fingerprint density at radius 1 is 1.03 bits per heavy atom. The Morgan fingerprint density at radius 2 is 1.88 bits per heavy atom. The molecule has 0 saturated carbocycles. The van der Waals surface area contributed by atoms with Crippen molar-refractivity contribution in [1.29, 1.82) is 0 Å². The molecule has 3 aromatic carbocycles. The molecule has 2 N–H and O–H groups in total. The fourth-order valence-corrected chi connectivity index (χ4v) is 6.20. The Balaban J connectivity index is 1.49. The van der Waals surface area contributed by atoms with E-state index in [9.17, 15) is 8.42 Å². The minimum Gasteiger partial charge on any atom is -0.497 e. The van der Waals surface area contributed by atoms with Crippen molar-refractivity contribution in [2.45, 2.75) is 37.1 Å². The van der Waals surface area contributed by atoms with Crippen LogP contribution < -0.4 is 14.8 Å². The topological polar surface area (TPSA) is 67.4 Å². The molecular formula is C27H28N2O3S. The maximum atomic E-state index is 13.2. The van der Waals surface area contributed by atoms with Crippen molar-refractivity contribution in [1.82, 2.24) is 0 Å². The van der Waals surface area contributed by atoms with Crippen molar-refractivity contribution in [3.05, 3.63) is 95.1 Å². The molecule has 1 aliphatic carbocycles. The summed E-state index contributed by atoms with van der Waals surface area (Å²) >= 11 is 0. The van der Waals surface area contributed by atoms with Gasteiger partial charge in [0.25, 0.3) is 10.0 Å². The van der Waals surface area contributed by atoms with Gasteiger partial charge in [-0.15, -0.1) is 0 Å². The molecule has 2 aliphatic rings.